The van der Waals surface area contributed by atoms with Gasteiger partial charge in [-0.25, -0.2) is 9.97 Å². The lowest BCUT2D eigenvalue weighted by molar-refractivity contribution is 0.707. The summed E-state index contributed by atoms with van der Waals surface area (Å²) in [6.45, 7) is 0.578. The highest BCUT2D eigenvalue weighted by Crippen LogP contribution is 2.11. The number of anilines is 1. The van der Waals surface area contributed by atoms with E-state index in [0.29, 0.717) is 17.6 Å². The number of rotatable bonds is 2. The van der Waals surface area contributed by atoms with Crippen molar-refractivity contribution in [2.75, 3.05) is 5.73 Å². The number of imidazole rings is 2. The van der Waals surface area contributed by atoms with Crippen LogP contribution in [0.3, 0.4) is 0 Å². The van der Waals surface area contributed by atoms with Crippen LogP contribution in [0.1, 0.15) is 5.82 Å². The maximum absolute atomic E-state index is 5.85. The molecule has 0 aromatic carbocycles. The number of nitrogens with two attached hydrogens (primary N) is 1. The normalized spacial score (nSPS) is 10.7. The molecule has 2 N–H and O–H groups in total. The molecular weight excluding hydrogens is 202 g/mol. The predicted octanol–water partition coefficient (Wildman–Crippen LogP) is 0.900. The van der Waals surface area contributed by atoms with Crippen LogP contribution in [0.25, 0.3) is 0 Å². The second-order valence-corrected chi connectivity index (χ2v) is 3.36. The minimum atomic E-state index is 0.476. The van der Waals surface area contributed by atoms with Gasteiger partial charge < -0.3 is 14.9 Å². The van der Waals surface area contributed by atoms with Crippen molar-refractivity contribution in [3.8, 4) is 0 Å². The number of nitrogens with zero attached hydrogens (tertiary/aromatic N) is 4. The lowest BCUT2D eigenvalue weighted by atomic mass is 10.5. The Balaban J connectivity index is 2.27. The van der Waals surface area contributed by atoms with Crippen LogP contribution < -0.4 is 5.73 Å². The Morgan fingerprint density at radius 3 is 2.79 bits per heavy atom. The summed E-state index contributed by atoms with van der Waals surface area (Å²) >= 11 is 5.85. The van der Waals surface area contributed by atoms with Crippen LogP contribution in [0.5, 0.6) is 0 Å². The van der Waals surface area contributed by atoms with E-state index in [1.165, 1.54) is 0 Å². The predicted molar refractivity (Wildman–Crippen MR) is 54.0 cm³/mol. The molecule has 0 amide bonds. The molecule has 0 saturated carbocycles. The number of hydrogen-bond acceptors (Lipinski definition) is 3. The highest BCUT2D eigenvalue weighted by Gasteiger charge is 2.06. The quantitative estimate of drug-likeness (QED) is 0.803. The van der Waals surface area contributed by atoms with Gasteiger partial charge in [0.2, 0.25) is 5.95 Å². The fourth-order valence-corrected chi connectivity index (χ4v) is 1.34. The second-order valence-electron chi connectivity index (χ2n) is 2.97. The highest BCUT2D eigenvalue weighted by molar-refractivity contribution is 6.29. The molecule has 0 aliphatic heterocycles. The van der Waals surface area contributed by atoms with Gasteiger partial charge in [-0.05, 0) is 0 Å². The fraction of sp³-hybridized carbons (Fsp3) is 0.250. The van der Waals surface area contributed by atoms with Gasteiger partial charge in [0, 0.05) is 19.4 Å². The maximum Gasteiger partial charge on any atom is 0.200 e. The second kappa shape index (κ2) is 3.34. The van der Waals surface area contributed by atoms with Crippen LogP contribution in [-0.4, -0.2) is 19.1 Å². The Labute approximate surface area is 86.1 Å². The van der Waals surface area contributed by atoms with Gasteiger partial charge in [-0.15, -0.1) is 0 Å². The Hall–Kier alpha value is -1.49. The standard InChI is InChI=1S/C8H10ClN5/c1-13-6(9)4-12-7(13)5-14-3-2-11-8(14)10/h2-4H,5H2,1H3,(H2,10,11). The molecule has 2 aromatic rings. The number of aromatic nitrogens is 4. The summed E-state index contributed by atoms with van der Waals surface area (Å²) < 4.78 is 3.61. The zero-order chi connectivity index (χ0) is 10.1. The minimum absolute atomic E-state index is 0.476. The maximum atomic E-state index is 5.85. The van der Waals surface area contributed by atoms with Crippen LogP contribution in [0.4, 0.5) is 5.95 Å². The first-order valence-corrected chi connectivity index (χ1v) is 4.49. The number of nitrogen functional groups attached to an aromatic ring is 1. The van der Waals surface area contributed by atoms with Gasteiger partial charge in [0.1, 0.15) is 11.0 Å². The van der Waals surface area contributed by atoms with E-state index in [0.717, 1.165) is 5.82 Å². The van der Waals surface area contributed by atoms with Crippen LogP contribution in [0, 0.1) is 0 Å². The average Bonchev–Trinajstić information content (AvgIpc) is 2.68. The topological polar surface area (TPSA) is 61.7 Å². The van der Waals surface area contributed by atoms with Crippen LogP contribution in [-0.2, 0) is 13.6 Å². The van der Waals surface area contributed by atoms with E-state index in [1.54, 1.807) is 27.7 Å². The van der Waals surface area contributed by atoms with Crippen molar-refractivity contribution in [3.63, 3.8) is 0 Å². The molecular formula is C8H10ClN5. The molecule has 0 radical (unpaired) electrons. The molecule has 0 aliphatic rings. The van der Waals surface area contributed by atoms with Gasteiger partial charge in [0.05, 0.1) is 12.7 Å². The molecule has 0 spiro atoms. The molecule has 0 unspecified atom stereocenters. The van der Waals surface area contributed by atoms with Gasteiger partial charge in [-0.1, -0.05) is 11.6 Å². The van der Waals surface area contributed by atoms with Crippen LogP contribution >= 0.6 is 11.6 Å². The van der Waals surface area contributed by atoms with Crippen molar-refractivity contribution in [3.05, 3.63) is 29.6 Å². The molecule has 0 fully saturated rings. The van der Waals surface area contributed by atoms with E-state index in [-0.39, 0.29) is 0 Å². The third-order valence-corrected chi connectivity index (χ3v) is 2.44. The van der Waals surface area contributed by atoms with Crippen molar-refractivity contribution >= 4 is 17.5 Å². The van der Waals surface area contributed by atoms with Crippen molar-refractivity contribution in [1.82, 2.24) is 19.1 Å². The molecule has 0 aliphatic carbocycles. The van der Waals surface area contributed by atoms with Crippen molar-refractivity contribution in [2.45, 2.75) is 6.54 Å². The van der Waals surface area contributed by atoms with E-state index in [2.05, 4.69) is 9.97 Å². The molecule has 74 valence electrons. The lowest BCUT2D eigenvalue weighted by Crippen LogP contribution is -2.08. The first-order valence-electron chi connectivity index (χ1n) is 4.11. The smallest absolute Gasteiger partial charge is 0.200 e. The molecule has 6 heteroatoms. The van der Waals surface area contributed by atoms with Crippen LogP contribution in [0.15, 0.2) is 18.6 Å². The van der Waals surface area contributed by atoms with Gasteiger partial charge in [-0.3, -0.25) is 0 Å². The first kappa shape index (κ1) is 9.08. The molecule has 14 heavy (non-hydrogen) atoms. The van der Waals surface area contributed by atoms with Gasteiger partial charge >= 0.3 is 0 Å². The van der Waals surface area contributed by atoms with Crippen LogP contribution in [0.2, 0.25) is 5.15 Å². The first-order chi connectivity index (χ1) is 6.68. The van der Waals surface area contributed by atoms with E-state index < -0.39 is 0 Å². The summed E-state index contributed by atoms with van der Waals surface area (Å²) in [7, 11) is 1.86. The minimum Gasteiger partial charge on any atom is -0.369 e. The average molecular weight is 212 g/mol. The summed E-state index contributed by atoms with van der Waals surface area (Å²) in [4.78, 5) is 8.08. The van der Waals surface area contributed by atoms with E-state index >= 15 is 0 Å². The Bertz CT molecular complexity index is 444. The lowest BCUT2D eigenvalue weighted by Gasteiger charge is -2.04. The monoisotopic (exact) mass is 211 g/mol. The van der Waals surface area contributed by atoms with Gasteiger partial charge in [-0.2, -0.15) is 0 Å². The number of halogens is 1. The van der Waals surface area contributed by atoms with E-state index in [9.17, 15) is 0 Å². The van der Waals surface area contributed by atoms with E-state index in [4.69, 9.17) is 17.3 Å². The molecule has 2 rings (SSSR count). The third-order valence-electron chi connectivity index (χ3n) is 2.09. The molecule has 2 aromatic heterocycles. The van der Waals surface area contributed by atoms with Crippen molar-refractivity contribution in [2.24, 2.45) is 7.05 Å². The molecule has 2 heterocycles. The zero-order valence-electron chi connectivity index (χ0n) is 7.68. The summed E-state index contributed by atoms with van der Waals surface area (Å²) in [5.41, 5.74) is 5.63. The summed E-state index contributed by atoms with van der Waals surface area (Å²) in [6, 6.07) is 0. The largest absolute Gasteiger partial charge is 0.369 e. The molecule has 0 bridgehead atoms. The van der Waals surface area contributed by atoms with Gasteiger partial charge in [0.25, 0.3) is 0 Å². The summed E-state index contributed by atoms with van der Waals surface area (Å²) in [5.74, 6) is 1.32. The Kier molecular flexibility index (Phi) is 2.17. The van der Waals surface area contributed by atoms with Crippen molar-refractivity contribution < 1.29 is 0 Å². The summed E-state index contributed by atoms with van der Waals surface area (Å²) in [5, 5.41) is 0.610. The molecule has 5 nitrogen and oxygen atoms in total. The van der Waals surface area contributed by atoms with E-state index in [1.807, 2.05) is 7.05 Å². The highest BCUT2D eigenvalue weighted by atomic mass is 35.5. The Morgan fingerprint density at radius 2 is 2.29 bits per heavy atom. The molecule has 0 saturated heterocycles. The Morgan fingerprint density at radius 1 is 1.50 bits per heavy atom. The zero-order valence-corrected chi connectivity index (χ0v) is 8.44. The van der Waals surface area contributed by atoms with Crippen molar-refractivity contribution in [1.29, 1.82) is 0 Å². The SMILES string of the molecule is Cn1c(Cl)cnc1Cn1ccnc1N. The fourth-order valence-electron chi connectivity index (χ4n) is 1.20. The summed E-state index contributed by atoms with van der Waals surface area (Å²) in [6.07, 6.45) is 5.07. The third kappa shape index (κ3) is 1.46. The van der Waals surface area contributed by atoms with Gasteiger partial charge in [0.15, 0.2) is 0 Å². The number of hydrogen-bond donors (Lipinski definition) is 1. The molecule has 0 atom stereocenters.